The Morgan fingerprint density at radius 3 is 2.46 bits per heavy atom. The summed E-state index contributed by atoms with van der Waals surface area (Å²) < 4.78 is 10.7. The molecule has 1 aromatic carbocycles. The van der Waals surface area contributed by atoms with E-state index >= 15 is 0 Å². The lowest BCUT2D eigenvalue weighted by atomic mass is 9.77. The highest BCUT2D eigenvalue weighted by molar-refractivity contribution is 5.88. The fourth-order valence-corrected chi connectivity index (χ4v) is 3.61. The van der Waals surface area contributed by atoms with Gasteiger partial charge in [0.25, 0.3) is 0 Å². The van der Waals surface area contributed by atoms with Crippen molar-refractivity contribution >= 4 is 5.91 Å². The number of ether oxygens (including phenoxy) is 2. The van der Waals surface area contributed by atoms with Crippen LogP contribution in [0.15, 0.2) is 30.6 Å². The number of aromatic nitrogens is 2. The maximum absolute atomic E-state index is 13.1. The lowest BCUT2D eigenvalue weighted by molar-refractivity contribution is -0.126. The van der Waals surface area contributed by atoms with Gasteiger partial charge in [0, 0.05) is 6.20 Å². The Bertz CT molecular complexity index is 768. The molecular weight excluding hydrogens is 330 g/mol. The Balaban J connectivity index is 1.83. The highest BCUT2D eigenvalue weighted by Crippen LogP contribution is 2.43. The lowest BCUT2D eigenvalue weighted by Gasteiger charge is -2.29. The molecule has 1 aromatic heterocycles. The third kappa shape index (κ3) is 3.49. The standard InChI is InChI=1S/C20H25N3O3/c1-14-11-22-16(12-21-14)13-23-19(24)20(8-4-5-9-20)15-6-7-17(25-2)18(10-15)26-3/h6-7,10-12H,4-5,8-9,13H2,1-3H3,(H,23,24). The lowest BCUT2D eigenvalue weighted by Crippen LogP contribution is -2.42. The van der Waals surface area contributed by atoms with Crippen molar-refractivity contribution in [3.05, 3.63) is 47.5 Å². The third-order valence-corrected chi connectivity index (χ3v) is 5.09. The van der Waals surface area contributed by atoms with E-state index in [-0.39, 0.29) is 5.91 Å². The van der Waals surface area contributed by atoms with Gasteiger partial charge in [0.15, 0.2) is 11.5 Å². The highest BCUT2D eigenvalue weighted by Gasteiger charge is 2.43. The van der Waals surface area contributed by atoms with Gasteiger partial charge in [-0.15, -0.1) is 0 Å². The largest absolute Gasteiger partial charge is 0.493 e. The number of methoxy groups -OCH3 is 2. The van der Waals surface area contributed by atoms with Gasteiger partial charge in [0.05, 0.1) is 43.8 Å². The minimum atomic E-state index is -0.530. The number of carbonyl (C=O) groups excluding carboxylic acids is 1. The minimum absolute atomic E-state index is 0.0320. The Morgan fingerprint density at radius 1 is 1.12 bits per heavy atom. The number of nitrogens with zero attached hydrogens (tertiary/aromatic N) is 2. The van der Waals surface area contributed by atoms with E-state index in [1.807, 2.05) is 25.1 Å². The number of aryl methyl sites for hydroxylation is 1. The topological polar surface area (TPSA) is 73.3 Å². The predicted molar refractivity (Wildman–Crippen MR) is 98.3 cm³/mol. The molecule has 1 aliphatic carbocycles. The number of nitrogens with one attached hydrogen (secondary N) is 1. The molecule has 26 heavy (non-hydrogen) atoms. The zero-order valence-corrected chi connectivity index (χ0v) is 15.5. The van der Waals surface area contributed by atoms with Crippen LogP contribution in [0.1, 0.15) is 42.6 Å². The Labute approximate surface area is 154 Å². The molecule has 0 atom stereocenters. The molecule has 3 rings (SSSR count). The number of amides is 1. The number of rotatable bonds is 6. The molecule has 0 spiro atoms. The second kappa shape index (κ2) is 7.72. The minimum Gasteiger partial charge on any atom is -0.493 e. The third-order valence-electron chi connectivity index (χ3n) is 5.09. The first kappa shape index (κ1) is 18.2. The number of carbonyl (C=O) groups is 1. The molecule has 1 amide bonds. The quantitative estimate of drug-likeness (QED) is 0.862. The van der Waals surface area contributed by atoms with E-state index in [4.69, 9.17) is 9.47 Å². The first-order valence-corrected chi connectivity index (χ1v) is 8.87. The van der Waals surface area contributed by atoms with Crippen molar-refractivity contribution in [3.63, 3.8) is 0 Å². The van der Waals surface area contributed by atoms with Crippen LogP contribution < -0.4 is 14.8 Å². The zero-order valence-electron chi connectivity index (χ0n) is 15.5. The summed E-state index contributed by atoms with van der Waals surface area (Å²) in [6.07, 6.45) is 7.13. The molecule has 0 saturated heterocycles. The monoisotopic (exact) mass is 355 g/mol. The van der Waals surface area contributed by atoms with Crippen molar-refractivity contribution in [3.8, 4) is 11.5 Å². The van der Waals surface area contributed by atoms with E-state index in [1.54, 1.807) is 26.6 Å². The van der Waals surface area contributed by atoms with Gasteiger partial charge in [0.1, 0.15) is 0 Å². The second-order valence-electron chi connectivity index (χ2n) is 6.69. The van der Waals surface area contributed by atoms with Gasteiger partial charge >= 0.3 is 0 Å². The average Bonchev–Trinajstić information content (AvgIpc) is 3.18. The van der Waals surface area contributed by atoms with E-state index in [0.717, 1.165) is 42.6 Å². The summed E-state index contributed by atoms with van der Waals surface area (Å²) in [5.74, 6) is 1.35. The molecular formula is C20H25N3O3. The summed E-state index contributed by atoms with van der Waals surface area (Å²) in [6.45, 7) is 2.26. The molecule has 1 N–H and O–H groups in total. The van der Waals surface area contributed by atoms with Crippen LogP contribution in [0, 0.1) is 6.92 Å². The van der Waals surface area contributed by atoms with Crippen molar-refractivity contribution in [2.24, 2.45) is 0 Å². The highest BCUT2D eigenvalue weighted by atomic mass is 16.5. The fourth-order valence-electron chi connectivity index (χ4n) is 3.61. The smallest absolute Gasteiger partial charge is 0.230 e. The van der Waals surface area contributed by atoms with Crippen molar-refractivity contribution in [1.29, 1.82) is 0 Å². The molecule has 1 aliphatic rings. The van der Waals surface area contributed by atoms with Crippen LogP contribution in [0.4, 0.5) is 0 Å². The molecule has 1 fully saturated rings. The van der Waals surface area contributed by atoms with E-state index in [2.05, 4.69) is 15.3 Å². The van der Waals surface area contributed by atoms with Crippen molar-refractivity contribution in [2.45, 2.75) is 44.6 Å². The summed E-state index contributed by atoms with van der Waals surface area (Å²) in [5.41, 5.74) is 2.06. The molecule has 138 valence electrons. The summed E-state index contributed by atoms with van der Waals surface area (Å²) in [5, 5.41) is 3.05. The van der Waals surface area contributed by atoms with Crippen LogP contribution in [0.3, 0.4) is 0 Å². The van der Waals surface area contributed by atoms with Crippen LogP contribution in [0.2, 0.25) is 0 Å². The SMILES string of the molecule is COc1ccc(C2(C(=O)NCc3cnc(C)cn3)CCCC2)cc1OC. The summed E-state index contributed by atoms with van der Waals surface area (Å²) >= 11 is 0. The van der Waals surface area contributed by atoms with Crippen LogP contribution in [-0.4, -0.2) is 30.1 Å². The molecule has 0 aliphatic heterocycles. The second-order valence-corrected chi connectivity index (χ2v) is 6.69. The van der Waals surface area contributed by atoms with Crippen LogP contribution in [-0.2, 0) is 16.8 Å². The molecule has 0 radical (unpaired) electrons. The maximum Gasteiger partial charge on any atom is 0.230 e. The molecule has 1 heterocycles. The van der Waals surface area contributed by atoms with Crippen molar-refractivity contribution < 1.29 is 14.3 Å². The number of benzene rings is 1. The van der Waals surface area contributed by atoms with E-state index in [0.29, 0.717) is 18.0 Å². The molecule has 2 aromatic rings. The van der Waals surface area contributed by atoms with Gasteiger partial charge in [-0.05, 0) is 37.5 Å². The number of hydrogen-bond acceptors (Lipinski definition) is 5. The molecule has 0 unspecified atom stereocenters. The van der Waals surface area contributed by atoms with E-state index in [9.17, 15) is 4.79 Å². The average molecular weight is 355 g/mol. The Morgan fingerprint density at radius 2 is 1.85 bits per heavy atom. The van der Waals surface area contributed by atoms with Crippen molar-refractivity contribution in [2.75, 3.05) is 14.2 Å². The maximum atomic E-state index is 13.1. The first-order chi connectivity index (χ1) is 12.6. The van der Waals surface area contributed by atoms with Gasteiger partial charge in [-0.2, -0.15) is 0 Å². The molecule has 6 nitrogen and oxygen atoms in total. The van der Waals surface area contributed by atoms with Crippen molar-refractivity contribution in [1.82, 2.24) is 15.3 Å². The summed E-state index contributed by atoms with van der Waals surface area (Å²) in [4.78, 5) is 21.7. The van der Waals surface area contributed by atoms with Gasteiger partial charge in [-0.1, -0.05) is 18.9 Å². The first-order valence-electron chi connectivity index (χ1n) is 8.87. The number of hydrogen-bond donors (Lipinski definition) is 1. The zero-order chi connectivity index (χ0) is 18.6. The molecule has 0 bridgehead atoms. The molecule has 6 heteroatoms. The fraction of sp³-hybridized carbons (Fsp3) is 0.450. The predicted octanol–water partition coefficient (Wildman–Crippen LogP) is 2.93. The van der Waals surface area contributed by atoms with Crippen LogP contribution >= 0.6 is 0 Å². The van der Waals surface area contributed by atoms with Gasteiger partial charge in [-0.3, -0.25) is 14.8 Å². The summed E-state index contributed by atoms with van der Waals surface area (Å²) in [7, 11) is 3.22. The Hall–Kier alpha value is -2.63. The van der Waals surface area contributed by atoms with Gasteiger partial charge < -0.3 is 14.8 Å². The summed E-state index contributed by atoms with van der Waals surface area (Å²) in [6, 6.07) is 5.76. The normalized spacial score (nSPS) is 15.5. The van der Waals surface area contributed by atoms with Gasteiger partial charge in [0.2, 0.25) is 5.91 Å². The van der Waals surface area contributed by atoms with Crippen LogP contribution in [0.5, 0.6) is 11.5 Å². The molecule has 1 saturated carbocycles. The van der Waals surface area contributed by atoms with E-state index < -0.39 is 5.41 Å². The Kier molecular flexibility index (Phi) is 5.40. The van der Waals surface area contributed by atoms with Crippen LogP contribution in [0.25, 0.3) is 0 Å². The van der Waals surface area contributed by atoms with E-state index in [1.165, 1.54) is 0 Å². The van der Waals surface area contributed by atoms with Gasteiger partial charge in [-0.25, -0.2) is 0 Å².